The van der Waals surface area contributed by atoms with Gasteiger partial charge in [-0.05, 0) is 42.3 Å². The molecule has 0 fully saturated rings. The molecule has 0 bridgehead atoms. The zero-order chi connectivity index (χ0) is 12.3. The van der Waals surface area contributed by atoms with Gasteiger partial charge in [-0.2, -0.15) is 0 Å². The van der Waals surface area contributed by atoms with Crippen molar-refractivity contribution in [3.63, 3.8) is 0 Å². The summed E-state index contributed by atoms with van der Waals surface area (Å²) in [6.45, 7) is 1.95. The van der Waals surface area contributed by atoms with Crippen molar-refractivity contribution in [2.75, 3.05) is 5.32 Å². The predicted molar refractivity (Wildman–Crippen MR) is 67.6 cm³/mol. The number of rotatable bonds is 2. The second-order valence-corrected chi connectivity index (χ2v) is 3.75. The van der Waals surface area contributed by atoms with Crippen LogP contribution in [0.5, 0.6) is 0 Å². The van der Waals surface area contributed by atoms with Gasteiger partial charge in [0, 0.05) is 17.6 Å². The Morgan fingerprint density at radius 2 is 1.88 bits per heavy atom. The van der Waals surface area contributed by atoms with Crippen molar-refractivity contribution in [3.05, 3.63) is 48.3 Å². The SMILES string of the molecule is Cc1cc(-c2ccc(NC(N)=O)cc2)ccn1. The highest BCUT2D eigenvalue weighted by Crippen LogP contribution is 2.21. The highest BCUT2D eigenvalue weighted by atomic mass is 16.2. The van der Waals surface area contributed by atoms with Gasteiger partial charge in [-0.3, -0.25) is 4.98 Å². The highest BCUT2D eigenvalue weighted by molar-refractivity contribution is 5.88. The van der Waals surface area contributed by atoms with Crippen LogP contribution >= 0.6 is 0 Å². The number of anilines is 1. The zero-order valence-corrected chi connectivity index (χ0v) is 9.47. The smallest absolute Gasteiger partial charge is 0.316 e. The van der Waals surface area contributed by atoms with Gasteiger partial charge in [-0.25, -0.2) is 4.79 Å². The van der Waals surface area contributed by atoms with Gasteiger partial charge in [0.25, 0.3) is 0 Å². The van der Waals surface area contributed by atoms with Gasteiger partial charge in [0.2, 0.25) is 0 Å². The molecule has 0 aliphatic carbocycles. The molecule has 1 aromatic heterocycles. The summed E-state index contributed by atoms with van der Waals surface area (Å²) in [4.78, 5) is 14.8. The first-order valence-electron chi connectivity index (χ1n) is 5.25. The Labute approximate surface area is 99.5 Å². The standard InChI is InChI=1S/C13H13N3O/c1-9-8-11(6-7-15-9)10-2-4-12(5-3-10)16-13(14)17/h2-8H,1H3,(H3,14,16,17). The number of nitrogens with one attached hydrogen (secondary N) is 1. The van der Waals surface area contributed by atoms with E-state index in [9.17, 15) is 4.79 Å². The van der Waals surface area contributed by atoms with Gasteiger partial charge in [0.1, 0.15) is 0 Å². The van der Waals surface area contributed by atoms with Crippen molar-refractivity contribution in [2.24, 2.45) is 5.73 Å². The van der Waals surface area contributed by atoms with Crippen molar-refractivity contribution in [2.45, 2.75) is 6.92 Å². The molecule has 0 unspecified atom stereocenters. The van der Waals surface area contributed by atoms with Crippen LogP contribution in [0.15, 0.2) is 42.6 Å². The van der Waals surface area contributed by atoms with E-state index in [1.165, 1.54) is 0 Å². The third-order valence-electron chi connectivity index (χ3n) is 2.38. The number of hydrogen-bond donors (Lipinski definition) is 2. The maximum absolute atomic E-state index is 10.7. The van der Waals surface area contributed by atoms with Crippen LogP contribution in [0.3, 0.4) is 0 Å². The number of carbonyl (C=O) groups is 1. The van der Waals surface area contributed by atoms with Crippen molar-refractivity contribution in [1.29, 1.82) is 0 Å². The minimum absolute atomic E-state index is 0.558. The molecule has 1 aromatic carbocycles. The third-order valence-corrected chi connectivity index (χ3v) is 2.38. The Hall–Kier alpha value is -2.36. The van der Waals surface area contributed by atoms with Crippen LogP contribution < -0.4 is 11.1 Å². The van der Waals surface area contributed by atoms with Gasteiger partial charge < -0.3 is 11.1 Å². The lowest BCUT2D eigenvalue weighted by molar-refractivity contribution is 0.259. The molecule has 86 valence electrons. The van der Waals surface area contributed by atoms with Crippen LogP contribution in [0.1, 0.15) is 5.69 Å². The van der Waals surface area contributed by atoms with E-state index in [4.69, 9.17) is 5.73 Å². The summed E-state index contributed by atoms with van der Waals surface area (Å²) in [7, 11) is 0. The minimum atomic E-state index is -0.558. The number of amides is 2. The molecule has 4 nitrogen and oxygen atoms in total. The molecule has 3 N–H and O–H groups in total. The first-order chi connectivity index (χ1) is 8.15. The van der Waals surface area contributed by atoms with Gasteiger partial charge in [-0.1, -0.05) is 12.1 Å². The molecule has 0 saturated carbocycles. The van der Waals surface area contributed by atoms with Crippen molar-refractivity contribution in [3.8, 4) is 11.1 Å². The Morgan fingerprint density at radius 3 is 2.47 bits per heavy atom. The predicted octanol–water partition coefficient (Wildman–Crippen LogP) is 2.55. The fourth-order valence-corrected chi connectivity index (χ4v) is 1.61. The second kappa shape index (κ2) is 4.65. The fourth-order valence-electron chi connectivity index (χ4n) is 1.61. The second-order valence-electron chi connectivity index (χ2n) is 3.75. The summed E-state index contributed by atoms with van der Waals surface area (Å²) in [5.74, 6) is 0. The summed E-state index contributed by atoms with van der Waals surface area (Å²) in [5.41, 5.74) is 8.87. The summed E-state index contributed by atoms with van der Waals surface area (Å²) in [6.07, 6.45) is 1.78. The molecule has 1 heterocycles. The van der Waals surface area contributed by atoms with Crippen LogP contribution in [0.25, 0.3) is 11.1 Å². The number of hydrogen-bond acceptors (Lipinski definition) is 2. The van der Waals surface area contributed by atoms with Gasteiger partial charge in [0.15, 0.2) is 0 Å². The van der Waals surface area contributed by atoms with E-state index < -0.39 is 6.03 Å². The topological polar surface area (TPSA) is 68.0 Å². The zero-order valence-electron chi connectivity index (χ0n) is 9.47. The molecule has 0 spiro atoms. The number of aryl methyl sites for hydroxylation is 1. The first kappa shape index (κ1) is 11.1. The minimum Gasteiger partial charge on any atom is -0.351 e. The lowest BCUT2D eigenvalue weighted by atomic mass is 10.1. The number of pyridine rings is 1. The first-order valence-corrected chi connectivity index (χ1v) is 5.25. The number of nitrogens with two attached hydrogens (primary N) is 1. The normalized spacial score (nSPS) is 9.94. The highest BCUT2D eigenvalue weighted by Gasteiger charge is 1.99. The van der Waals surface area contributed by atoms with Crippen LogP contribution in [0.4, 0.5) is 10.5 Å². The molecule has 0 aliphatic heterocycles. The van der Waals surface area contributed by atoms with E-state index in [1.807, 2.05) is 43.3 Å². The molecule has 0 radical (unpaired) electrons. The number of nitrogens with zero attached hydrogens (tertiary/aromatic N) is 1. The average molecular weight is 227 g/mol. The maximum atomic E-state index is 10.7. The Kier molecular flexibility index (Phi) is 3.05. The molecule has 17 heavy (non-hydrogen) atoms. The van der Waals surface area contributed by atoms with E-state index in [-0.39, 0.29) is 0 Å². The molecule has 0 aliphatic rings. The molecular weight excluding hydrogens is 214 g/mol. The number of carbonyl (C=O) groups excluding carboxylic acids is 1. The van der Waals surface area contributed by atoms with Gasteiger partial charge >= 0.3 is 6.03 Å². The Bertz CT molecular complexity index is 535. The van der Waals surface area contributed by atoms with E-state index >= 15 is 0 Å². The third kappa shape index (κ3) is 2.81. The molecule has 2 aromatic rings. The summed E-state index contributed by atoms with van der Waals surface area (Å²) < 4.78 is 0. The monoisotopic (exact) mass is 227 g/mol. The van der Waals surface area contributed by atoms with Crippen molar-refractivity contribution < 1.29 is 4.79 Å². The van der Waals surface area contributed by atoms with Crippen LogP contribution in [0.2, 0.25) is 0 Å². The Balaban J connectivity index is 2.26. The maximum Gasteiger partial charge on any atom is 0.316 e. The van der Waals surface area contributed by atoms with E-state index in [1.54, 1.807) is 6.20 Å². The van der Waals surface area contributed by atoms with Gasteiger partial charge in [-0.15, -0.1) is 0 Å². The molecule has 0 atom stereocenters. The molecule has 2 rings (SSSR count). The lowest BCUT2D eigenvalue weighted by Gasteiger charge is -2.05. The van der Waals surface area contributed by atoms with Crippen LogP contribution in [-0.4, -0.2) is 11.0 Å². The number of benzene rings is 1. The summed E-state index contributed by atoms with van der Waals surface area (Å²) in [5, 5.41) is 2.52. The van der Waals surface area contributed by atoms with Gasteiger partial charge in [0.05, 0.1) is 0 Å². The van der Waals surface area contributed by atoms with Crippen LogP contribution in [0, 0.1) is 6.92 Å². The number of urea groups is 1. The van der Waals surface area contributed by atoms with Crippen molar-refractivity contribution >= 4 is 11.7 Å². The Morgan fingerprint density at radius 1 is 1.18 bits per heavy atom. The van der Waals surface area contributed by atoms with E-state index in [2.05, 4.69) is 10.3 Å². The van der Waals surface area contributed by atoms with E-state index in [0.29, 0.717) is 5.69 Å². The largest absolute Gasteiger partial charge is 0.351 e. The number of primary amides is 1. The summed E-state index contributed by atoms with van der Waals surface area (Å²) >= 11 is 0. The molecule has 4 heteroatoms. The van der Waals surface area contributed by atoms with E-state index in [0.717, 1.165) is 16.8 Å². The molecule has 2 amide bonds. The average Bonchev–Trinajstić information content (AvgIpc) is 2.29. The fraction of sp³-hybridized carbons (Fsp3) is 0.0769. The molecular formula is C13H13N3O. The quantitative estimate of drug-likeness (QED) is 0.827. The van der Waals surface area contributed by atoms with Crippen molar-refractivity contribution in [1.82, 2.24) is 4.98 Å². The van der Waals surface area contributed by atoms with Crippen LogP contribution in [-0.2, 0) is 0 Å². The summed E-state index contributed by atoms with van der Waals surface area (Å²) in [6, 6.07) is 10.9. The number of aromatic nitrogens is 1. The lowest BCUT2D eigenvalue weighted by Crippen LogP contribution is -2.19. The molecule has 0 saturated heterocycles.